The third kappa shape index (κ3) is 4.64. The summed E-state index contributed by atoms with van der Waals surface area (Å²) in [6.45, 7) is 6.49. The zero-order valence-electron chi connectivity index (χ0n) is 18.1. The van der Waals surface area contributed by atoms with Crippen molar-refractivity contribution in [2.45, 2.75) is 51.9 Å². The van der Waals surface area contributed by atoms with Crippen LogP contribution in [0.2, 0.25) is 0 Å². The van der Waals surface area contributed by atoms with Crippen molar-refractivity contribution in [3.63, 3.8) is 0 Å². The van der Waals surface area contributed by atoms with Gasteiger partial charge >= 0.3 is 5.63 Å². The highest BCUT2D eigenvalue weighted by atomic mass is 16.4. The first-order valence-corrected chi connectivity index (χ1v) is 10.3. The molecule has 0 aliphatic heterocycles. The molecule has 4 nitrogen and oxygen atoms in total. The van der Waals surface area contributed by atoms with Crippen LogP contribution in [0.3, 0.4) is 0 Å². The van der Waals surface area contributed by atoms with Gasteiger partial charge in [-0.1, -0.05) is 45.7 Å². The monoisotopic (exact) mass is 393 g/mol. The first-order chi connectivity index (χ1) is 13.7. The number of nitrogens with zero attached hydrogens (tertiary/aromatic N) is 1. The average molecular weight is 394 g/mol. The van der Waals surface area contributed by atoms with E-state index in [1.807, 2.05) is 55.4 Å². The topological polar surface area (TPSA) is 53.7 Å². The number of phenolic OH excluding ortho intramolecular Hbond substituents is 1. The highest BCUT2D eigenvalue weighted by Gasteiger charge is 2.22. The molecule has 0 atom stereocenters. The summed E-state index contributed by atoms with van der Waals surface area (Å²) in [7, 11) is 3.99. The Kier molecular flexibility index (Phi) is 6.02. The molecule has 154 valence electrons. The zero-order valence-corrected chi connectivity index (χ0v) is 18.1. The van der Waals surface area contributed by atoms with Crippen LogP contribution in [0.4, 0.5) is 5.69 Å². The number of aromatic hydroxyl groups is 1. The summed E-state index contributed by atoms with van der Waals surface area (Å²) in [6, 6.07) is 13.6. The van der Waals surface area contributed by atoms with Crippen LogP contribution >= 0.6 is 0 Å². The van der Waals surface area contributed by atoms with Gasteiger partial charge in [-0.3, -0.25) is 0 Å². The van der Waals surface area contributed by atoms with Crippen LogP contribution in [0.1, 0.15) is 56.7 Å². The van der Waals surface area contributed by atoms with Gasteiger partial charge in [0.05, 0.1) is 5.39 Å². The summed E-state index contributed by atoms with van der Waals surface area (Å²) in [5.41, 5.74) is 3.68. The molecule has 3 rings (SSSR count). The fourth-order valence-electron chi connectivity index (χ4n) is 3.65. The Labute approximate surface area is 172 Å². The maximum absolute atomic E-state index is 12.6. The minimum atomic E-state index is -0.350. The summed E-state index contributed by atoms with van der Waals surface area (Å²) in [5.74, 6) is 0.162. The van der Waals surface area contributed by atoms with Gasteiger partial charge in [0.25, 0.3) is 0 Å². The Bertz CT molecular complexity index is 1050. The van der Waals surface area contributed by atoms with Crippen molar-refractivity contribution in [1.29, 1.82) is 0 Å². The third-order valence-electron chi connectivity index (χ3n) is 5.69. The zero-order chi connectivity index (χ0) is 21.2. The van der Waals surface area contributed by atoms with Gasteiger partial charge in [0, 0.05) is 31.8 Å². The van der Waals surface area contributed by atoms with E-state index >= 15 is 0 Å². The smallest absolute Gasteiger partial charge is 0.339 e. The number of anilines is 1. The number of benzene rings is 2. The minimum absolute atomic E-state index is 0.0902. The van der Waals surface area contributed by atoms with E-state index in [1.165, 1.54) is 0 Å². The quantitative estimate of drug-likeness (QED) is 0.529. The van der Waals surface area contributed by atoms with Gasteiger partial charge in [-0.2, -0.15) is 0 Å². The summed E-state index contributed by atoms with van der Waals surface area (Å²) in [6.07, 6.45) is 3.72. The highest BCUT2D eigenvalue weighted by Crippen LogP contribution is 2.35. The van der Waals surface area contributed by atoms with E-state index in [-0.39, 0.29) is 16.8 Å². The van der Waals surface area contributed by atoms with E-state index in [4.69, 9.17) is 4.42 Å². The van der Waals surface area contributed by atoms with Crippen LogP contribution in [0.5, 0.6) is 5.75 Å². The van der Waals surface area contributed by atoms with Crippen LogP contribution in [0, 0.1) is 0 Å². The first-order valence-electron chi connectivity index (χ1n) is 10.3. The lowest BCUT2D eigenvalue weighted by atomic mass is 9.80. The molecule has 0 fully saturated rings. The van der Waals surface area contributed by atoms with Gasteiger partial charge in [0.1, 0.15) is 11.3 Å². The molecule has 0 bridgehead atoms. The van der Waals surface area contributed by atoms with Crippen molar-refractivity contribution in [2.24, 2.45) is 0 Å². The van der Waals surface area contributed by atoms with Crippen LogP contribution in [0.25, 0.3) is 11.0 Å². The van der Waals surface area contributed by atoms with Gasteiger partial charge in [0.15, 0.2) is 0 Å². The Morgan fingerprint density at radius 2 is 1.76 bits per heavy atom. The van der Waals surface area contributed by atoms with Crippen molar-refractivity contribution >= 4 is 16.7 Å². The molecule has 0 saturated carbocycles. The molecular formula is C25H31NO3. The number of hydrogen-bond donors (Lipinski definition) is 1. The molecule has 2 aromatic carbocycles. The summed E-state index contributed by atoms with van der Waals surface area (Å²) in [4.78, 5) is 14.6. The highest BCUT2D eigenvalue weighted by molar-refractivity contribution is 5.84. The number of phenols is 1. The minimum Gasteiger partial charge on any atom is -0.507 e. The maximum Gasteiger partial charge on any atom is 0.339 e. The Morgan fingerprint density at radius 1 is 1.07 bits per heavy atom. The molecule has 0 amide bonds. The standard InChI is InChI=1S/C25H31NO3/c1-6-7-12-25(2,3)19-15-22(27)21-14-18(24(28)29-23(21)16-19)13-17-8-10-20(11-9-17)26(4)5/h8-11,14-16,27H,6-7,12-13H2,1-5H3. The van der Waals surface area contributed by atoms with Crippen LogP contribution in [0.15, 0.2) is 51.7 Å². The Balaban J connectivity index is 1.96. The molecule has 1 aromatic heterocycles. The molecule has 1 N–H and O–H groups in total. The van der Waals surface area contributed by atoms with E-state index in [0.717, 1.165) is 36.1 Å². The molecule has 0 spiro atoms. The van der Waals surface area contributed by atoms with E-state index in [9.17, 15) is 9.90 Å². The Hall–Kier alpha value is -2.75. The molecular weight excluding hydrogens is 362 g/mol. The van der Waals surface area contributed by atoms with Crippen LogP contribution in [-0.4, -0.2) is 19.2 Å². The second-order valence-electron chi connectivity index (χ2n) is 8.69. The largest absolute Gasteiger partial charge is 0.507 e. The summed E-state index contributed by atoms with van der Waals surface area (Å²) < 4.78 is 5.62. The fraction of sp³-hybridized carbons (Fsp3) is 0.400. The van der Waals surface area contributed by atoms with Crippen molar-refractivity contribution < 1.29 is 9.52 Å². The molecule has 0 aliphatic carbocycles. The maximum atomic E-state index is 12.6. The number of fused-ring (bicyclic) bond motifs is 1. The van der Waals surface area contributed by atoms with E-state index in [0.29, 0.717) is 23.0 Å². The van der Waals surface area contributed by atoms with E-state index in [2.05, 4.69) is 20.8 Å². The number of rotatable bonds is 7. The van der Waals surface area contributed by atoms with Gasteiger partial charge in [-0.05, 0) is 53.3 Å². The molecule has 0 saturated heterocycles. The second kappa shape index (κ2) is 8.32. The van der Waals surface area contributed by atoms with Crippen molar-refractivity contribution in [1.82, 2.24) is 0 Å². The van der Waals surface area contributed by atoms with Crippen molar-refractivity contribution in [3.05, 3.63) is 69.6 Å². The molecule has 3 aromatic rings. The van der Waals surface area contributed by atoms with Gasteiger partial charge < -0.3 is 14.4 Å². The van der Waals surface area contributed by atoms with Gasteiger partial charge in [-0.15, -0.1) is 0 Å². The summed E-state index contributed by atoms with van der Waals surface area (Å²) >= 11 is 0. The fourth-order valence-corrected chi connectivity index (χ4v) is 3.65. The first kappa shape index (κ1) is 21.0. The van der Waals surface area contributed by atoms with Crippen molar-refractivity contribution in [3.8, 4) is 5.75 Å². The predicted octanol–water partition coefficient (Wildman–Crippen LogP) is 5.62. The number of unbranched alkanes of at least 4 members (excludes halogenated alkanes) is 1. The normalized spacial score (nSPS) is 11.8. The Morgan fingerprint density at radius 3 is 2.38 bits per heavy atom. The molecule has 29 heavy (non-hydrogen) atoms. The average Bonchev–Trinajstić information content (AvgIpc) is 2.67. The lowest BCUT2D eigenvalue weighted by Crippen LogP contribution is -2.17. The summed E-state index contributed by atoms with van der Waals surface area (Å²) in [5, 5.41) is 11.2. The lowest BCUT2D eigenvalue weighted by molar-refractivity contribution is 0.445. The number of hydrogen-bond acceptors (Lipinski definition) is 4. The van der Waals surface area contributed by atoms with E-state index < -0.39 is 0 Å². The van der Waals surface area contributed by atoms with E-state index in [1.54, 1.807) is 6.07 Å². The molecule has 0 radical (unpaired) electrons. The third-order valence-corrected chi connectivity index (χ3v) is 5.69. The van der Waals surface area contributed by atoms with Gasteiger partial charge in [0.2, 0.25) is 0 Å². The molecule has 0 unspecified atom stereocenters. The predicted molar refractivity (Wildman–Crippen MR) is 120 cm³/mol. The second-order valence-corrected chi connectivity index (χ2v) is 8.69. The SMILES string of the molecule is CCCCC(C)(C)c1cc(O)c2cc(Cc3ccc(N(C)C)cc3)c(=O)oc2c1. The van der Waals surface area contributed by atoms with Gasteiger partial charge in [-0.25, -0.2) is 4.79 Å². The molecule has 1 heterocycles. The van der Waals surface area contributed by atoms with Crippen LogP contribution < -0.4 is 10.5 Å². The molecule has 0 aliphatic rings. The lowest BCUT2D eigenvalue weighted by Gasteiger charge is -2.25. The van der Waals surface area contributed by atoms with Crippen LogP contribution in [-0.2, 0) is 11.8 Å². The molecule has 4 heteroatoms. The van der Waals surface area contributed by atoms with Crippen molar-refractivity contribution in [2.75, 3.05) is 19.0 Å².